The maximum Gasteiger partial charge on any atom is 0.269 e. The van der Waals surface area contributed by atoms with Crippen molar-refractivity contribution >= 4 is 16.8 Å². The number of nitrogens with two attached hydrogens (primary N) is 1. The summed E-state index contributed by atoms with van der Waals surface area (Å²) in [5.74, 6) is -0.747. The molecule has 0 saturated heterocycles. The quantitative estimate of drug-likeness (QED) is 0.791. The minimum atomic E-state index is -2.60. The van der Waals surface area contributed by atoms with E-state index >= 15 is 0 Å². The van der Waals surface area contributed by atoms with Crippen LogP contribution in [0.5, 0.6) is 0 Å². The lowest BCUT2D eigenvalue weighted by Crippen LogP contribution is -2.13. The van der Waals surface area contributed by atoms with Gasteiger partial charge in [0.2, 0.25) is 0 Å². The van der Waals surface area contributed by atoms with Crippen molar-refractivity contribution in [1.82, 2.24) is 9.97 Å². The van der Waals surface area contributed by atoms with E-state index in [1.54, 1.807) is 0 Å². The molecule has 2 rings (SSSR count). The van der Waals surface area contributed by atoms with E-state index in [4.69, 9.17) is 5.73 Å². The molecule has 0 aliphatic carbocycles. The van der Waals surface area contributed by atoms with Gasteiger partial charge in [-0.1, -0.05) is 0 Å². The molecule has 2 heterocycles. The van der Waals surface area contributed by atoms with Crippen LogP contribution in [-0.2, 0) is 0 Å². The molecule has 0 aliphatic heterocycles. The highest BCUT2D eigenvalue weighted by Gasteiger charge is 2.17. The SMILES string of the molecule is NC(=O)c1nccc2c(C(F)F)c[nH]c12. The van der Waals surface area contributed by atoms with Gasteiger partial charge in [0.1, 0.15) is 0 Å². The lowest BCUT2D eigenvalue weighted by Gasteiger charge is -1.98. The molecule has 0 bridgehead atoms. The maximum absolute atomic E-state index is 12.5. The number of nitrogens with zero attached hydrogens (tertiary/aromatic N) is 1. The number of primary amides is 1. The van der Waals surface area contributed by atoms with Crippen LogP contribution in [0.25, 0.3) is 10.9 Å². The number of aromatic nitrogens is 2. The van der Waals surface area contributed by atoms with Crippen LogP contribution in [0.15, 0.2) is 18.5 Å². The van der Waals surface area contributed by atoms with Crippen molar-refractivity contribution in [1.29, 1.82) is 0 Å². The second-order valence-electron chi connectivity index (χ2n) is 2.99. The number of hydrogen-bond acceptors (Lipinski definition) is 2. The van der Waals surface area contributed by atoms with Crippen molar-refractivity contribution in [2.45, 2.75) is 6.43 Å². The van der Waals surface area contributed by atoms with E-state index in [-0.39, 0.29) is 22.2 Å². The van der Waals surface area contributed by atoms with Gasteiger partial charge < -0.3 is 10.7 Å². The number of fused-ring (bicyclic) bond motifs is 1. The van der Waals surface area contributed by atoms with Gasteiger partial charge in [0.15, 0.2) is 5.69 Å². The number of hydrogen-bond donors (Lipinski definition) is 2. The van der Waals surface area contributed by atoms with Crippen LogP contribution >= 0.6 is 0 Å². The zero-order chi connectivity index (χ0) is 11.0. The summed E-state index contributed by atoms with van der Waals surface area (Å²) in [5, 5.41) is 0.272. The molecule has 0 aliphatic rings. The van der Waals surface area contributed by atoms with E-state index in [0.29, 0.717) is 0 Å². The third-order valence-corrected chi connectivity index (χ3v) is 2.10. The zero-order valence-electron chi connectivity index (χ0n) is 7.50. The Morgan fingerprint density at radius 1 is 1.53 bits per heavy atom. The Labute approximate surface area is 83.1 Å². The van der Waals surface area contributed by atoms with E-state index < -0.39 is 12.3 Å². The molecule has 0 fully saturated rings. The van der Waals surface area contributed by atoms with Crippen molar-refractivity contribution in [3.8, 4) is 0 Å². The zero-order valence-corrected chi connectivity index (χ0v) is 7.50. The average molecular weight is 211 g/mol. The topological polar surface area (TPSA) is 71.8 Å². The fourth-order valence-corrected chi connectivity index (χ4v) is 1.44. The number of alkyl halides is 2. The van der Waals surface area contributed by atoms with Crippen LogP contribution < -0.4 is 5.73 Å². The molecule has 0 unspecified atom stereocenters. The van der Waals surface area contributed by atoms with E-state index in [1.807, 2.05) is 0 Å². The third kappa shape index (κ3) is 1.43. The first-order valence-electron chi connectivity index (χ1n) is 4.15. The third-order valence-electron chi connectivity index (χ3n) is 2.10. The Hall–Kier alpha value is -1.98. The van der Waals surface area contributed by atoms with Gasteiger partial charge >= 0.3 is 0 Å². The lowest BCUT2D eigenvalue weighted by molar-refractivity contribution is 0.0997. The number of carbonyl (C=O) groups excluding carboxylic acids is 1. The molecule has 4 nitrogen and oxygen atoms in total. The van der Waals surface area contributed by atoms with Crippen LogP contribution in [0.1, 0.15) is 22.5 Å². The second kappa shape index (κ2) is 3.30. The molecule has 0 spiro atoms. The number of nitrogens with one attached hydrogen (secondary N) is 1. The molecular weight excluding hydrogens is 204 g/mol. The number of rotatable bonds is 2. The first kappa shape index (κ1) is 9.57. The summed E-state index contributed by atoms with van der Waals surface area (Å²) in [6.07, 6.45) is -0.159. The van der Waals surface area contributed by atoms with Crippen molar-refractivity contribution in [2.24, 2.45) is 5.73 Å². The Bertz CT molecular complexity index is 521. The summed E-state index contributed by atoms with van der Waals surface area (Å²) in [6, 6.07) is 1.42. The van der Waals surface area contributed by atoms with Crippen LogP contribution in [0.2, 0.25) is 0 Å². The van der Waals surface area contributed by atoms with Gasteiger partial charge in [-0.25, -0.2) is 13.8 Å². The minimum absolute atomic E-state index is 0.0283. The van der Waals surface area contributed by atoms with Crippen molar-refractivity contribution in [3.05, 3.63) is 29.7 Å². The highest BCUT2D eigenvalue weighted by atomic mass is 19.3. The number of pyridine rings is 1. The highest BCUT2D eigenvalue weighted by molar-refractivity contribution is 6.03. The Balaban J connectivity index is 2.74. The van der Waals surface area contributed by atoms with Crippen molar-refractivity contribution in [3.63, 3.8) is 0 Å². The van der Waals surface area contributed by atoms with Crippen LogP contribution in [0.4, 0.5) is 8.78 Å². The van der Waals surface area contributed by atoms with E-state index in [0.717, 1.165) is 6.20 Å². The normalized spacial score (nSPS) is 11.1. The molecule has 0 radical (unpaired) electrons. The molecule has 0 atom stereocenters. The Kier molecular flexibility index (Phi) is 2.11. The number of carbonyl (C=O) groups is 1. The summed E-state index contributed by atoms with van der Waals surface area (Å²) in [7, 11) is 0. The smallest absolute Gasteiger partial charge is 0.269 e. The first-order chi connectivity index (χ1) is 7.11. The molecule has 2 aromatic rings. The summed E-state index contributed by atoms with van der Waals surface area (Å²) < 4.78 is 25.0. The van der Waals surface area contributed by atoms with E-state index in [9.17, 15) is 13.6 Å². The van der Waals surface area contributed by atoms with E-state index in [1.165, 1.54) is 12.3 Å². The number of H-pyrrole nitrogens is 1. The summed E-state index contributed by atoms with van der Waals surface area (Å²) in [5.41, 5.74) is 5.12. The molecule has 2 aromatic heterocycles. The summed E-state index contributed by atoms with van der Waals surface area (Å²) >= 11 is 0. The van der Waals surface area contributed by atoms with Gasteiger partial charge in [-0.3, -0.25) is 4.79 Å². The van der Waals surface area contributed by atoms with Gasteiger partial charge in [0.25, 0.3) is 12.3 Å². The lowest BCUT2D eigenvalue weighted by atomic mass is 10.2. The summed E-state index contributed by atoms with van der Waals surface area (Å²) in [6.45, 7) is 0. The number of amides is 1. The molecule has 6 heteroatoms. The molecular formula is C9H7F2N3O. The number of aromatic amines is 1. The van der Waals surface area contributed by atoms with E-state index in [2.05, 4.69) is 9.97 Å². The molecule has 1 amide bonds. The Morgan fingerprint density at radius 3 is 2.87 bits per heavy atom. The van der Waals surface area contributed by atoms with Gasteiger partial charge in [-0.15, -0.1) is 0 Å². The van der Waals surface area contributed by atoms with Crippen molar-refractivity contribution < 1.29 is 13.6 Å². The Morgan fingerprint density at radius 2 is 2.27 bits per heavy atom. The molecule has 0 aromatic carbocycles. The van der Waals surface area contributed by atoms with Gasteiger partial charge in [0, 0.05) is 23.3 Å². The highest BCUT2D eigenvalue weighted by Crippen LogP contribution is 2.28. The predicted molar refractivity (Wildman–Crippen MR) is 49.6 cm³/mol. The van der Waals surface area contributed by atoms with Crippen LogP contribution in [0, 0.1) is 0 Å². The molecule has 78 valence electrons. The fraction of sp³-hybridized carbons (Fsp3) is 0.111. The predicted octanol–water partition coefficient (Wildman–Crippen LogP) is 1.60. The number of halogens is 2. The summed E-state index contributed by atoms with van der Waals surface area (Å²) in [4.78, 5) is 17.3. The first-order valence-corrected chi connectivity index (χ1v) is 4.15. The molecule has 3 N–H and O–H groups in total. The molecule has 15 heavy (non-hydrogen) atoms. The van der Waals surface area contributed by atoms with Crippen LogP contribution in [-0.4, -0.2) is 15.9 Å². The maximum atomic E-state index is 12.5. The minimum Gasteiger partial charge on any atom is -0.364 e. The largest absolute Gasteiger partial charge is 0.364 e. The average Bonchev–Trinajstić information content (AvgIpc) is 2.59. The van der Waals surface area contributed by atoms with Crippen molar-refractivity contribution in [2.75, 3.05) is 0 Å². The van der Waals surface area contributed by atoms with Gasteiger partial charge in [0.05, 0.1) is 5.52 Å². The fourth-order valence-electron chi connectivity index (χ4n) is 1.44. The standard InChI is InChI=1S/C9H7F2N3O/c10-8(11)5-3-14-6-4(5)1-2-13-7(6)9(12)15/h1-3,8,14H,(H2,12,15). The molecule has 0 saturated carbocycles. The van der Waals surface area contributed by atoms with Gasteiger partial charge in [-0.2, -0.15) is 0 Å². The van der Waals surface area contributed by atoms with Crippen LogP contribution in [0.3, 0.4) is 0 Å². The monoisotopic (exact) mass is 211 g/mol. The van der Waals surface area contributed by atoms with Gasteiger partial charge in [-0.05, 0) is 6.07 Å². The second-order valence-corrected chi connectivity index (χ2v) is 2.99.